The smallest absolute Gasteiger partial charge is 0.326 e. The van der Waals surface area contributed by atoms with Gasteiger partial charge in [0.2, 0.25) is 0 Å². The van der Waals surface area contributed by atoms with Crippen LogP contribution in [0.2, 0.25) is 0 Å². The molecule has 0 aliphatic rings. The number of hydrogen-bond donors (Lipinski definition) is 1. The first-order valence-electron chi connectivity index (χ1n) is 6.52. The number of benzene rings is 1. The van der Waals surface area contributed by atoms with Crippen LogP contribution in [-0.4, -0.2) is 24.7 Å². The van der Waals surface area contributed by atoms with E-state index in [0.717, 1.165) is 12.0 Å². The number of halogens is 1. The number of carbonyl (C=O) groups is 1. The van der Waals surface area contributed by atoms with Crippen molar-refractivity contribution in [1.82, 2.24) is 5.32 Å². The van der Waals surface area contributed by atoms with Gasteiger partial charge < -0.3 is 4.74 Å². The van der Waals surface area contributed by atoms with Gasteiger partial charge in [-0.15, -0.1) is 0 Å². The number of ether oxygens (including phenoxy) is 1. The van der Waals surface area contributed by atoms with E-state index in [2.05, 4.69) is 5.32 Å². The monoisotopic (exact) mass is 267 g/mol. The van der Waals surface area contributed by atoms with Crippen molar-refractivity contribution in [3.63, 3.8) is 0 Å². The second-order valence-corrected chi connectivity index (χ2v) is 5.08. The van der Waals surface area contributed by atoms with Crippen LogP contribution in [0.5, 0.6) is 0 Å². The zero-order valence-electron chi connectivity index (χ0n) is 12.0. The van der Waals surface area contributed by atoms with Crippen LogP contribution >= 0.6 is 0 Å². The second kappa shape index (κ2) is 6.66. The molecule has 0 spiro atoms. The van der Waals surface area contributed by atoms with Crippen LogP contribution in [0.1, 0.15) is 32.8 Å². The van der Waals surface area contributed by atoms with Gasteiger partial charge in [-0.05, 0) is 38.0 Å². The molecule has 1 N–H and O–H groups in total. The maximum Gasteiger partial charge on any atom is 0.326 e. The Labute approximate surface area is 114 Å². The minimum atomic E-state index is -0.804. The van der Waals surface area contributed by atoms with Gasteiger partial charge in [0.1, 0.15) is 11.4 Å². The molecule has 0 aliphatic heterocycles. The molecule has 0 amide bonds. The molecule has 1 aromatic carbocycles. The normalized spacial score (nSPS) is 15.6. The molecule has 19 heavy (non-hydrogen) atoms. The van der Waals surface area contributed by atoms with Crippen LogP contribution in [-0.2, 0) is 16.0 Å². The van der Waals surface area contributed by atoms with Crippen LogP contribution in [0.15, 0.2) is 24.3 Å². The van der Waals surface area contributed by atoms with E-state index in [1.165, 1.54) is 19.2 Å². The van der Waals surface area contributed by atoms with Gasteiger partial charge >= 0.3 is 5.97 Å². The van der Waals surface area contributed by atoms with Gasteiger partial charge in [0.15, 0.2) is 0 Å². The van der Waals surface area contributed by atoms with Crippen molar-refractivity contribution >= 4 is 5.97 Å². The predicted octanol–water partition coefficient (Wildman–Crippen LogP) is 2.69. The minimum absolute atomic E-state index is 0.199. The van der Waals surface area contributed by atoms with E-state index in [1.807, 2.05) is 20.8 Å². The summed E-state index contributed by atoms with van der Waals surface area (Å²) in [6.07, 6.45) is 1.38. The molecule has 2 unspecified atom stereocenters. The fourth-order valence-corrected chi connectivity index (χ4v) is 2.06. The number of carbonyl (C=O) groups excluding carboxylic acids is 1. The molecular weight excluding hydrogens is 245 g/mol. The van der Waals surface area contributed by atoms with Crippen molar-refractivity contribution in [1.29, 1.82) is 0 Å². The third kappa shape index (κ3) is 4.31. The maximum absolute atomic E-state index is 12.9. The topological polar surface area (TPSA) is 38.3 Å². The van der Waals surface area contributed by atoms with E-state index in [0.29, 0.717) is 6.42 Å². The van der Waals surface area contributed by atoms with Crippen LogP contribution in [0.4, 0.5) is 4.39 Å². The second-order valence-electron chi connectivity index (χ2n) is 5.08. The molecule has 0 saturated carbocycles. The number of hydrogen-bond acceptors (Lipinski definition) is 3. The molecule has 0 saturated heterocycles. The molecular formula is C15H22FNO2. The van der Waals surface area contributed by atoms with Crippen LogP contribution < -0.4 is 5.32 Å². The molecule has 0 aromatic heterocycles. The van der Waals surface area contributed by atoms with Crippen molar-refractivity contribution < 1.29 is 13.9 Å². The molecule has 0 bridgehead atoms. The molecule has 106 valence electrons. The fraction of sp³-hybridized carbons (Fsp3) is 0.533. The first-order chi connectivity index (χ1) is 8.91. The third-order valence-corrected chi connectivity index (χ3v) is 3.28. The lowest BCUT2D eigenvalue weighted by Gasteiger charge is -2.31. The predicted molar refractivity (Wildman–Crippen MR) is 73.4 cm³/mol. The summed E-state index contributed by atoms with van der Waals surface area (Å²) in [5.74, 6) is -0.587. The highest BCUT2D eigenvalue weighted by atomic mass is 19.1. The van der Waals surface area contributed by atoms with Crippen molar-refractivity contribution in [2.75, 3.05) is 7.11 Å². The third-order valence-electron chi connectivity index (χ3n) is 3.28. The first-order valence-corrected chi connectivity index (χ1v) is 6.52. The highest BCUT2D eigenvalue weighted by Gasteiger charge is 2.35. The summed E-state index contributed by atoms with van der Waals surface area (Å²) in [6.45, 7) is 5.88. The molecule has 1 aromatic rings. The van der Waals surface area contributed by atoms with Gasteiger partial charge in [-0.25, -0.2) is 4.39 Å². The summed E-state index contributed by atoms with van der Waals surface area (Å²) in [5, 5.41) is 3.29. The fourth-order valence-electron chi connectivity index (χ4n) is 2.06. The van der Waals surface area contributed by atoms with E-state index >= 15 is 0 Å². The van der Waals surface area contributed by atoms with E-state index in [1.54, 1.807) is 12.1 Å². The molecule has 0 aliphatic carbocycles. The number of nitrogens with one attached hydrogen (secondary N) is 1. The zero-order chi connectivity index (χ0) is 14.5. The lowest BCUT2D eigenvalue weighted by atomic mass is 9.91. The summed E-state index contributed by atoms with van der Waals surface area (Å²) in [6, 6.07) is 6.38. The minimum Gasteiger partial charge on any atom is -0.468 e. The summed E-state index contributed by atoms with van der Waals surface area (Å²) >= 11 is 0. The zero-order valence-corrected chi connectivity index (χ0v) is 12.0. The van der Waals surface area contributed by atoms with Gasteiger partial charge in [-0.1, -0.05) is 19.1 Å². The summed E-state index contributed by atoms with van der Waals surface area (Å²) in [7, 11) is 1.38. The molecule has 1 rings (SSSR count). The molecule has 2 atom stereocenters. The Morgan fingerprint density at radius 1 is 1.42 bits per heavy atom. The van der Waals surface area contributed by atoms with E-state index in [4.69, 9.17) is 4.74 Å². The first kappa shape index (κ1) is 15.6. The Balaban J connectivity index is 2.90. The number of methoxy groups -OCH3 is 1. The highest BCUT2D eigenvalue weighted by molar-refractivity contribution is 5.80. The molecule has 0 radical (unpaired) electrons. The maximum atomic E-state index is 12.9. The average molecular weight is 267 g/mol. The summed E-state index contributed by atoms with van der Waals surface area (Å²) in [5.41, 5.74) is 0.0900. The Morgan fingerprint density at radius 3 is 2.47 bits per heavy atom. The SMILES string of the molecule is CCC(C)NC(C)(Cc1ccc(F)cc1)C(=O)OC. The average Bonchev–Trinajstić information content (AvgIpc) is 2.40. The Hall–Kier alpha value is -1.42. The summed E-state index contributed by atoms with van der Waals surface area (Å²) < 4.78 is 17.8. The van der Waals surface area contributed by atoms with Crippen molar-refractivity contribution in [3.05, 3.63) is 35.6 Å². The van der Waals surface area contributed by atoms with Gasteiger partial charge in [0.25, 0.3) is 0 Å². The summed E-state index contributed by atoms with van der Waals surface area (Å²) in [4.78, 5) is 12.0. The molecule has 4 heteroatoms. The van der Waals surface area contributed by atoms with E-state index < -0.39 is 5.54 Å². The highest BCUT2D eigenvalue weighted by Crippen LogP contribution is 2.17. The number of esters is 1. The van der Waals surface area contributed by atoms with Crippen LogP contribution in [0, 0.1) is 5.82 Å². The van der Waals surface area contributed by atoms with E-state index in [-0.39, 0.29) is 17.8 Å². The standard InChI is InChI=1S/C15H22FNO2/c1-5-11(2)17-15(3,14(18)19-4)10-12-6-8-13(16)9-7-12/h6-9,11,17H,5,10H2,1-4H3. The van der Waals surface area contributed by atoms with Crippen LogP contribution in [0.25, 0.3) is 0 Å². The Kier molecular flexibility index (Phi) is 5.48. The van der Waals surface area contributed by atoms with Gasteiger partial charge in [0, 0.05) is 12.5 Å². The quantitative estimate of drug-likeness (QED) is 0.805. The van der Waals surface area contributed by atoms with Gasteiger partial charge in [-0.2, -0.15) is 0 Å². The van der Waals surface area contributed by atoms with Crippen LogP contribution in [0.3, 0.4) is 0 Å². The Bertz CT molecular complexity index is 419. The lowest BCUT2D eigenvalue weighted by Crippen LogP contribution is -2.55. The lowest BCUT2D eigenvalue weighted by molar-refractivity contribution is -0.148. The van der Waals surface area contributed by atoms with E-state index in [9.17, 15) is 9.18 Å². The van der Waals surface area contributed by atoms with Crippen molar-refractivity contribution in [2.45, 2.75) is 45.2 Å². The molecule has 0 heterocycles. The molecule has 3 nitrogen and oxygen atoms in total. The molecule has 0 fully saturated rings. The van der Waals surface area contributed by atoms with Gasteiger partial charge in [0.05, 0.1) is 7.11 Å². The van der Waals surface area contributed by atoms with Crippen molar-refractivity contribution in [3.8, 4) is 0 Å². The Morgan fingerprint density at radius 2 is 2.00 bits per heavy atom. The number of rotatable bonds is 6. The largest absolute Gasteiger partial charge is 0.468 e. The van der Waals surface area contributed by atoms with Gasteiger partial charge in [-0.3, -0.25) is 10.1 Å². The van der Waals surface area contributed by atoms with Crippen molar-refractivity contribution in [2.24, 2.45) is 0 Å².